The molecule has 0 N–H and O–H groups in total. The van der Waals surface area contributed by atoms with Crippen LogP contribution < -0.4 is 4.73 Å². The third kappa shape index (κ3) is 1.69. The zero-order valence-electron chi connectivity index (χ0n) is 7.38. The first kappa shape index (κ1) is 9.01. The van der Waals surface area contributed by atoms with E-state index in [9.17, 15) is 5.21 Å². The number of thioether (sulfide) groups is 1. The van der Waals surface area contributed by atoms with Crippen molar-refractivity contribution in [3.8, 4) is 11.5 Å². The Balaban J connectivity index is 2.39. The predicted molar refractivity (Wildman–Crippen MR) is 50.5 cm³/mol. The molecule has 0 saturated carbocycles. The second kappa shape index (κ2) is 3.67. The van der Waals surface area contributed by atoms with Gasteiger partial charge in [-0.3, -0.25) is 0 Å². The van der Waals surface area contributed by atoms with Gasteiger partial charge < -0.3 is 9.62 Å². The molecule has 0 unspecified atom stereocenters. The van der Waals surface area contributed by atoms with Crippen LogP contribution in [0.5, 0.6) is 0 Å². The molecule has 0 aromatic carbocycles. The highest BCUT2D eigenvalue weighted by Crippen LogP contribution is 2.19. The lowest BCUT2D eigenvalue weighted by Gasteiger charge is -1.95. The summed E-state index contributed by atoms with van der Waals surface area (Å²) in [5.41, 5.74) is 0.621. The molecule has 0 fully saturated rings. The van der Waals surface area contributed by atoms with Gasteiger partial charge >= 0.3 is 0 Å². The summed E-state index contributed by atoms with van der Waals surface area (Å²) >= 11 is 1.36. The highest BCUT2D eigenvalue weighted by atomic mass is 32.2. The quantitative estimate of drug-likeness (QED) is 0.421. The smallest absolute Gasteiger partial charge is 0.276 e. The Morgan fingerprint density at radius 1 is 1.50 bits per heavy atom. The second-order valence-electron chi connectivity index (χ2n) is 2.53. The van der Waals surface area contributed by atoms with Crippen LogP contribution in [0.15, 0.2) is 34.2 Å². The number of nitrogens with zero attached hydrogens (tertiary/aromatic N) is 3. The van der Waals surface area contributed by atoms with E-state index in [1.165, 1.54) is 24.2 Å². The fourth-order valence-corrected chi connectivity index (χ4v) is 1.27. The molecule has 0 aliphatic rings. The number of hydrogen-bond acceptors (Lipinski definition) is 5. The van der Waals surface area contributed by atoms with Crippen molar-refractivity contribution in [3.63, 3.8) is 0 Å². The molecule has 0 aliphatic heterocycles. The fraction of sp³-hybridized carbons (Fsp3) is 0.125. The molecule has 0 radical (unpaired) electrons. The molecule has 2 heterocycles. The number of pyridine rings is 1. The lowest BCUT2D eigenvalue weighted by Crippen LogP contribution is -2.23. The van der Waals surface area contributed by atoms with Crippen molar-refractivity contribution in [2.75, 3.05) is 6.26 Å². The van der Waals surface area contributed by atoms with Crippen molar-refractivity contribution in [2.45, 2.75) is 5.22 Å². The Labute approximate surface area is 84.4 Å². The van der Waals surface area contributed by atoms with Gasteiger partial charge in [-0.25, -0.2) is 0 Å². The molecule has 2 aromatic rings. The van der Waals surface area contributed by atoms with Crippen LogP contribution in [-0.2, 0) is 0 Å². The maximum atomic E-state index is 11.0. The molecule has 5 nitrogen and oxygen atoms in total. The molecule has 6 heteroatoms. The summed E-state index contributed by atoms with van der Waals surface area (Å²) in [7, 11) is 0. The van der Waals surface area contributed by atoms with Crippen molar-refractivity contribution < 1.29 is 9.15 Å². The summed E-state index contributed by atoms with van der Waals surface area (Å²) in [5, 5.41) is 19.0. The Kier molecular flexibility index (Phi) is 2.36. The van der Waals surface area contributed by atoms with Gasteiger partial charge in [0, 0.05) is 6.07 Å². The number of aromatic nitrogens is 3. The van der Waals surface area contributed by atoms with Gasteiger partial charge in [0.1, 0.15) is 5.56 Å². The minimum atomic E-state index is 0.361. The predicted octanol–water partition coefficient (Wildman–Crippen LogP) is 1.09. The normalized spacial score (nSPS) is 10.4. The summed E-state index contributed by atoms with van der Waals surface area (Å²) in [6, 6.07) is 3.37. The van der Waals surface area contributed by atoms with Crippen molar-refractivity contribution in [2.24, 2.45) is 0 Å². The van der Waals surface area contributed by atoms with Crippen LogP contribution in [0.2, 0.25) is 0 Å². The second-order valence-corrected chi connectivity index (χ2v) is 3.29. The molecule has 2 aromatic heterocycles. The SMILES string of the molecule is CSc1nnc(-c2ccc[n+]([O-])c2)o1. The van der Waals surface area contributed by atoms with E-state index in [4.69, 9.17) is 4.42 Å². The van der Waals surface area contributed by atoms with E-state index in [0.717, 1.165) is 0 Å². The molecule has 14 heavy (non-hydrogen) atoms. The van der Waals surface area contributed by atoms with Crippen molar-refractivity contribution >= 4 is 11.8 Å². The molecule has 0 spiro atoms. The summed E-state index contributed by atoms with van der Waals surface area (Å²) in [6.07, 6.45) is 4.63. The first-order valence-corrected chi connectivity index (χ1v) is 5.09. The van der Waals surface area contributed by atoms with Crippen LogP contribution in [-0.4, -0.2) is 16.5 Å². The summed E-state index contributed by atoms with van der Waals surface area (Å²) in [5.74, 6) is 0.361. The van der Waals surface area contributed by atoms with E-state index in [-0.39, 0.29) is 0 Å². The fourth-order valence-electron chi connectivity index (χ4n) is 0.990. The van der Waals surface area contributed by atoms with Crippen LogP contribution in [0.4, 0.5) is 0 Å². The average molecular weight is 209 g/mol. The van der Waals surface area contributed by atoms with Gasteiger partial charge in [0.15, 0.2) is 12.4 Å². The van der Waals surface area contributed by atoms with Crippen LogP contribution in [0.1, 0.15) is 0 Å². The molecule has 2 rings (SSSR count). The molecular formula is C8H7N3O2S. The first-order chi connectivity index (χ1) is 6.79. The van der Waals surface area contributed by atoms with Gasteiger partial charge in [0.2, 0.25) is 0 Å². The minimum absolute atomic E-state index is 0.361. The number of hydrogen-bond donors (Lipinski definition) is 0. The Morgan fingerprint density at radius 2 is 2.36 bits per heavy atom. The van der Waals surface area contributed by atoms with Gasteiger partial charge in [0.05, 0.1) is 0 Å². The molecule has 0 bridgehead atoms. The average Bonchev–Trinajstić information content (AvgIpc) is 2.66. The minimum Gasteiger partial charge on any atom is -0.619 e. The van der Waals surface area contributed by atoms with Crippen LogP contribution in [0.3, 0.4) is 0 Å². The summed E-state index contributed by atoms with van der Waals surface area (Å²) in [6.45, 7) is 0. The number of rotatable bonds is 2. The molecule has 0 aliphatic carbocycles. The lowest BCUT2D eigenvalue weighted by atomic mass is 10.3. The van der Waals surface area contributed by atoms with Crippen molar-refractivity contribution in [1.82, 2.24) is 10.2 Å². The zero-order chi connectivity index (χ0) is 9.97. The zero-order valence-corrected chi connectivity index (χ0v) is 8.19. The molecule has 72 valence electrons. The van der Waals surface area contributed by atoms with E-state index in [1.807, 2.05) is 6.26 Å². The highest BCUT2D eigenvalue weighted by molar-refractivity contribution is 7.98. The van der Waals surface area contributed by atoms with Crippen LogP contribution >= 0.6 is 11.8 Å². The summed E-state index contributed by atoms with van der Waals surface area (Å²) < 4.78 is 5.96. The topological polar surface area (TPSA) is 65.9 Å². The van der Waals surface area contributed by atoms with E-state index < -0.39 is 0 Å². The Morgan fingerprint density at radius 3 is 3.00 bits per heavy atom. The first-order valence-electron chi connectivity index (χ1n) is 3.86. The van der Waals surface area contributed by atoms with E-state index in [2.05, 4.69) is 10.2 Å². The molecule has 0 saturated heterocycles. The Hall–Kier alpha value is -1.56. The van der Waals surface area contributed by atoms with Gasteiger partial charge in [-0.2, -0.15) is 4.73 Å². The van der Waals surface area contributed by atoms with Crippen molar-refractivity contribution in [1.29, 1.82) is 0 Å². The summed E-state index contributed by atoms with van der Waals surface area (Å²) in [4.78, 5) is 0. The molecular weight excluding hydrogens is 202 g/mol. The van der Waals surface area contributed by atoms with Gasteiger partial charge in [-0.15, -0.1) is 10.2 Å². The lowest BCUT2D eigenvalue weighted by molar-refractivity contribution is -0.604. The van der Waals surface area contributed by atoms with Crippen LogP contribution in [0.25, 0.3) is 11.5 Å². The monoisotopic (exact) mass is 209 g/mol. The van der Waals surface area contributed by atoms with Gasteiger partial charge in [0.25, 0.3) is 11.1 Å². The maximum absolute atomic E-state index is 11.0. The van der Waals surface area contributed by atoms with E-state index in [1.54, 1.807) is 12.1 Å². The Bertz CT molecular complexity index is 444. The third-order valence-electron chi connectivity index (χ3n) is 1.60. The van der Waals surface area contributed by atoms with Gasteiger partial charge in [-0.1, -0.05) is 11.8 Å². The largest absolute Gasteiger partial charge is 0.619 e. The van der Waals surface area contributed by atoms with Crippen LogP contribution in [0, 0.1) is 5.21 Å². The van der Waals surface area contributed by atoms with E-state index in [0.29, 0.717) is 21.4 Å². The third-order valence-corrected chi connectivity index (χ3v) is 2.12. The highest BCUT2D eigenvalue weighted by Gasteiger charge is 2.09. The maximum Gasteiger partial charge on any atom is 0.276 e. The van der Waals surface area contributed by atoms with Crippen molar-refractivity contribution in [3.05, 3.63) is 29.7 Å². The molecule has 0 atom stereocenters. The molecule has 0 amide bonds. The van der Waals surface area contributed by atoms with Gasteiger partial charge in [-0.05, 0) is 12.3 Å². The van der Waals surface area contributed by atoms with E-state index >= 15 is 0 Å². The standard InChI is InChI=1S/C8H7N3O2S/c1-14-8-10-9-7(13-8)6-3-2-4-11(12)5-6/h2-5H,1H3.